The van der Waals surface area contributed by atoms with E-state index in [0.29, 0.717) is 11.4 Å². The highest BCUT2D eigenvalue weighted by Gasteiger charge is 2.23. The van der Waals surface area contributed by atoms with Crippen LogP contribution in [0.5, 0.6) is 0 Å². The van der Waals surface area contributed by atoms with Gasteiger partial charge in [-0.05, 0) is 17.5 Å². The first-order valence-corrected chi connectivity index (χ1v) is 9.30. The molecule has 0 atom stereocenters. The lowest BCUT2D eigenvalue weighted by Crippen LogP contribution is -2.05. The molecule has 26 heavy (non-hydrogen) atoms. The predicted octanol–water partition coefficient (Wildman–Crippen LogP) is 5.86. The first-order valence-electron chi connectivity index (χ1n) is 9.30. The maximum absolute atomic E-state index is 9.81. The van der Waals surface area contributed by atoms with Crippen molar-refractivity contribution in [3.05, 3.63) is 66.2 Å². The Bertz CT molecular complexity index is 887. The molecule has 3 heteroatoms. The van der Waals surface area contributed by atoms with Gasteiger partial charge in [-0.3, -0.25) is 0 Å². The van der Waals surface area contributed by atoms with Gasteiger partial charge in [-0.2, -0.15) is 5.26 Å². The first kappa shape index (κ1) is 17.8. The summed E-state index contributed by atoms with van der Waals surface area (Å²) < 4.78 is 2.13. The first-order chi connectivity index (χ1) is 12.8. The molecule has 0 aliphatic heterocycles. The summed E-state index contributed by atoms with van der Waals surface area (Å²) in [4.78, 5) is 0. The summed E-state index contributed by atoms with van der Waals surface area (Å²) >= 11 is 0. The Labute approximate surface area is 155 Å². The lowest BCUT2D eigenvalue weighted by molar-refractivity contribution is 0.591. The zero-order valence-electron chi connectivity index (χ0n) is 15.3. The summed E-state index contributed by atoms with van der Waals surface area (Å²) in [5.74, 6) is 0.571. The van der Waals surface area contributed by atoms with E-state index in [-0.39, 0.29) is 0 Å². The number of nitrogens with zero attached hydrogens (tertiary/aromatic N) is 2. The van der Waals surface area contributed by atoms with Gasteiger partial charge in [-0.1, -0.05) is 86.8 Å². The number of benzene rings is 2. The second-order valence-corrected chi connectivity index (χ2v) is 6.54. The molecule has 0 unspecified atom stereocenters. The molecule has 0 aliphatic carbocycles. The molecular formula is C23H25N3. The normalized spacial score (nSPS) is 10.6. The molecule has 0 fully saturated rings. The van der Waals surface area contributed by atoms with Gasteiger partial charge in [-0.15, -0.1) is 0 Å². The highest BCUT2D eigenvalue weighted by Crippen LogP contribution is 2.40. The van der Waals surface area contributed by atoms with Crippen LogP contribution in [-0.4, -0.2) is 4.57 Å². The molecular weight excluding hydrogens is 318 g/mol. The van der Waals surface area contributed by atoms with Crippen molar-refractivity contribution in [1.82, 2.24) is 4.57 Å². The average Bonchev–Trinajstić information content (AvgIpc) is 2.98. The van der Waals surface area contributed by atoms with Crippen molar-refractivity contribution in [1.29, 1.82) is 5.26 Å². The third kappa shape index (κ3) is 3.50. The maximum atomic E-state index is 9.81. The van der Waals surface area contributed by atoms with Gasteiger partial charge in [0.05, 0.1) is 5.69 Å². The standard InChI is InChI=1S/C23H25N3/c1-2-3-4-11-16-26-22(19-14-9-6-10-15-19)21(20(17-24)23(26)25)18-12-7-5-8-13-18/h5-10,12-15H,2-4,11,16,25H2,1H3. The fourth-order valence-corrected chi connectivity index (χ4v) is 3.46. The Hall–Kier alpha value is -2.99. The van der Waals surface area contributed by atoms with Gasteiger partial charge >= 0.3 is 0 Å². The van der Waals surface area contributed by atoms with Crippen LogP contribution in [-0.2, 0) is 6.54 Å². The summed E-state index contributed by atoms with van der Waals surface area (Å²) in [6.07, 6.45) is 4.65. The summed E-state index contributed by atoms with van der Waals surface area (Å²) in [5.41, 5.74) is 11.1. The van der Waals surface area contributed by atoms with Crippen LogP contribution >= 0.6 is 0 Å². The molecule has 0 aliphatic rings. The van der Waals surface area contributed by atoms with Crippen LogP contribution in [0.25, 0.3) is 22.4 Å². The van der Waals surface area contributed by atoms with Crippen molar-refractivity contribution < 1.29 is 0 Å². The molecule has 0 saturated carbocycles. The fraction of sp³-hybridized carbons (Fsp3) is 0.261. The van der Waals surface area contributed by atoms with Crippen molar-refractivity contribution in [2.45, 2.75) is 39.2 Å². The third-order valence-electron chi connectivity index (χ3n) is 4.76. The quantitative estimate of drug-likeness (QED) is 0.547. The van der Waals surface area contributed by atoms with E-state index in [0.717, 1.165) is 35.3 Å². The minimum Gasteiger partial charge on any atom is -0.384 e. The second-order valence-electron chi connectivity index (χ2n) is 6.54. The lowest BCUT2D eigenvalue weighted by Gasteiger charge is -2.13. The molecule has 1 aromatic heterocycles. The van der Waals surface area contributed by atoms with E-state index in [4.69, 9.17) is 5.73 Å². The van der Waals surface area contributed by atoms with Crippen LogP contribution in [0, 0.1) is 11.3 Å². The molecule has 0 bridgehead atoms. The second kappa shape index (κ2) is 8.40. The van der Waals surface area contributed by atoms with Gasteiger partial charge in [0.25, 0.3) is 0 Å². The smallest absolute Gasteiger partial charge is 0.122 e. The number of hydrogen-bond donors (Lipinski definition) is 1. The summed E-state index contributed by atoms with van der Waals surface area (Å²) in [6.45, 7) is 3.04. The van der Waals surface area contributed by atoms with Crippen LogP contribution in [0.1, 0.15) is 38.2 Å². The van der Waals surface area contributed by atoms with Crippen LogP contribution in [0.3, 0.4) is 0 Å². The molecule has 3 nitrogen and oxygen atoms in total. The highest BCUT2D eigenvalue weighted by molar-refractivity contribution is 5.90. The van der Waals surface area contributed by atoms with Gasteiger partial charge in [-0.25, -0.2) is 0 Å². The van der Waals surface area contributed by atoms with Gasteiger partial charge in [0, 0.05) is 12.1 Å². The molecule has 1 heterocycles. The minimum atomic E-state index is 0.571. The van der Waals surface area contributed by atoms with E-state index in [1.54, 1.807) is 0 Å². The van der Waals surface area contributed by atoms with Crippen LogP contribution in [0.4, 0.5) is 5.82 Å². The largest absolute Gasteiger partial charge is 0.384 e. The number of hydrogen-bond acceptors (Lipinski definition) is 2. The number of unbranched alkanes of at least 4 members (excludes halogenated alkanes) is 3. The molecule has 0 amide bonds. The monoisotopic (exact) mass is 343 g/mol. The van der Waals surface area contributed by atoms with Crippen molar-refractivity contribution in [3.63, 3.8) is 0 Å². The van der Waals surface area contributed by atoms with Crippen LogP contribution < -0.4 is 5.73 Å². The van der Waals surface area contributed by atoms with Gasteiger partial charge in [0.15, 0.2) is 0 Å². The summed E-state index contributed by atoms with van der Waals surface area (Å²) in [7, 11) is 0. The number of nitriles is 1. The molecule has 0 saturated heterocycles. The van der Waals surface area contributed by atoms with Crippen LogP contribution in [0.15, 0.2) is 60.7 Å². The number of aromatic nitrogens is 1. The fourth-order valence-electron chi connectivity index (χ4n) is 3.46. The van der Waals surface area contributed by atoms with E-state index in [9.17, 15) is 5.26 Å². The van der Waals surface area contributed by atoms with E-state index in [1.807, 2.05) is 48.5 Å². The molecule has 0 radical (unpaired) electrons. The third-order valence-corrected chi connectivity index (χ3v) is 4.76. The molecule has 2 aromatic carbocycles. The van der Waals surface area contributed by atoms with E-state index >= 15 is 0 Å². The van der Waals surface area contributed by atoms with Crippen LogP contribution in [0.2, 0.25) is 0 Å². The maximum Gasteiger partial charge on any atom is 0.122 e. The van der Waals surface area contributed by atoms with Crippen molar-refractivity contribution in [2.24, 2.45) is 0 Å². The van der Waals surface area contributed by atoms with Crippen molar-refractivity contribution >= 4 is 5.82 Å². The Balaban J connectivity index is 2.18. The molecule has 132 valence electrons. The molecule has 3 rings (SSSR count). The van der Waals surface area contributed by atoms with E-state index < -0.39 is 0 Å². The Kier molecular flexibility index (Phi) is 5.76. The van der Waals surface area contributed by atoms with Gasteiger partial charge < -0.3 is 10.3 Å². The van der Waals surface area contributed by atoms with E-state index in [1.165, 1.54) is 19.3 Å². The Morgan fingerprint density at radius 3 is 2.08 bits per heavy atom. The molecule has 0 spiro atoms. The SMILES string of the molecule is CCCCCCn1c(N)c(C#N)c(-c2ccccc2)c1-c1ccccc1. The predicted molar refractivity (Wildman–Crippen MR) is 109 cm³/mol. The highest BCUT2D eigenvalue weighted by atomic mass is 15.1. The lowest BCUT2D eigenvalue weighted by atomic mass is 9.98. The van der Waals surface area contributed by atoms with Crippen molar-refractivity contribution in [2.75, 3.05) is 5.73 Å². The minimum absolute atomic E-state index is 0.571. The number of nitrogen functional groups attached to an aromatic ring is 1. The zero-order valence-corrected chi connectivity index (χ0v) is 15.3. The zero-order chi connectivity index (χ0) is 18.4. The Morgan fingerprint density at radius 2 is 1.50 bits per heavy atom. The van der Waals surface area contributed by atoms with Gasteiger partial charge in [0.2, 0.25) is 0 Å². The summed E-state index contributed by atoms with van der Waals surface area (Å²) in [5, 5.41) is 9.81. The number of anilines is 1. The number of rotatable bonds is 7. The Morgan fingerprint density at radius 1 is 0.885 bits per heavy atom. The molecule has 3 aromatic rings. The molecule has 2 N–H and O–H groups in total. The van der Waals surface area contributed by atoms with Crippen molar-refractivity contribution in [3.8, 4) is 28.5 Å². The van der Waals surface area contributed by atoms with Gasteiger partial charge in [0.1, 0.15) is 17.5 Å². The number of nitrogens with two attached hydrogens (primary N) is 1. The average molecular weight is 343 g/mol. The van der Waals surface area contributed by atoms with E-state index in [2.05, 4.69) is 29.7 Å². The summed E-state index contributed by atoms with van der Waals surface area (Å²) in [6, 6.07) is 22.7. The topological polar surface area (TPSA) is 54.7 Å².